The standard InChI is InChI=1S/C10H11BrFNO2/c1-5-2-6(4-8(13)10(14)15)9(11)7(12)3-5/h2-3,8H,4,13H2,1H3,(H,14,15). The number of benzene rings is 1. The summed E-state index contributed by atoms with van der Waals surface area (Å²) >= 11 is 3.07. The molecule has 0 fully saturated rings. The summed E-state index contributed by atoms with van der Waals surface area (Å²) < 4.78 is 13.5. The van der Waals surface area contributed by atoms with Crippen molar-refractivity contribution in [2.24, 2.45) is 5.73 Å². The molecule has 15 heavy (non-hydrogen) atoms. The summed E-state index contributed by atoms with van der Waals surface area (Å²) in [5.41, 5.74) is 6.69. The number of nitrogens with two attached hydrogens (primary N) is 1. The molecule has 0 aliphatic carbocycles. The minimum absolute atomic E-state index is 0.106. The quantitative estimate of drug-likeness (QED) is 0.885. The molecule has 82 valence electrons. The summed E-state index contributed by atoms with van der Waals surface area (Å²) in [5, 5.41) is 8.64. The van der Waals surface area contributed by atoms with Gasteiger partial charge in [-0.25, -0.2) is 4.39 Å². The summed E-state index contributed by atoms with van der Waals surface area (Å²) in [6.07, 6.45) is 0.106. The lowest BCUT2D eigenvalue weighted by molar-refractivity contribution is -0.138. The number of halogens is 2. The highest BCUT2D eigenvalue weighted by Gasteiger charge is 2.15. The van der Waals surface area contributed by atoms with E-state index in [0.717, 1.165) is 5.56 Å². The molecule has 0 saturated carbocycles. The summed E-state index contributed by atoms with van der Waals surface area (Å²) in [4.78, 5) is 10.6. The molecule has 5 heteroatoms. The van der Waals surface area contributed by atoms with Gasteiger partial charge in [-0.2, -0.15) is 0 Å². The van der Waals surface area contributed by atoms with E-state index in [9.17, 15) is 9.18 Å². The number of hydrogen-bond acceptors (Lipinski definition) is 2. The normalized spacial score (nSPS) is 12.5. The third kappa shape index (κ3) is 3.00. The molecule has 1 unspecified atom stereocenters. The number of carbonyl (C=O) groups is 1. The third-order valence-electron chi connectivity index (χ3n) is 2.00. The van der Waals surface area contributed by atoms with Gasteiger partial charge in [-0.1, -0.05) is 6.07 Å². The Morgan fingerprint density at radius 2 is 2.27 bits per heavy atom. The molecule has 3 N–H and O–H groups in total. The van der Waals surface area contributed by atoms with Crippen molar-refractivity contribution in [3.8, 4) is 0 Å². The van der Waals surface area contributed by atoms with E-state index in [1.54, 1.807) is 13.0 Å². The molecular formula is C10H11BrFNO2. The lowest BCUT2D eigenvalue weighted by atomic mass is 10.0. The Balaban J connectivity index is 2.99. The van der Waals surface area contributed by atoms with Crippen LogP contribution in [0.1, 0.15) is 11.1 Å². The van der Waals surface area contributed by atoms with Crippen LogP contribution in [-0.4, -0.2) is 17.1 Å². The Morgan fingerprint density at radius 3 is 2.80 bits per heavy atom. The Morgan fingerprint density at radius 1 is 1.67 bits per heavy atom. The van der Waals surface area contributed by atoms with E-state index in [4.69, 9.17) is 10.8 Å². The number of rotatable bonds is 3. The maximum absolute atomic E-state index is 13.3. The minimum Gasteiger partial charge on any atom is -0.480 e. The third-order valence-corrected chi connectivity index (χ3v) is 2.89. The predicted octanol–water partition coefficient (Wildman–Crippen LogP) is 1.85. The zero-order valence-electron chi connectivity index (χ0n) is 8.13. The van der Waals surface area contributed by atoms with Crippen LogP contribution in [0.4, 0.5) is 4.39 Å². The molecule has 3 nitrogen and oxygen atoms in total. The van der Waals surface area contributed by atoms with Crippen LogP contribution < -0.4 is 5.73 Å². The van der Waals surface area contributed by atoms with Gasteiger partial charge in [-0.05, 0) is 46.5 Å². The maximum Gasteiger partial charge on any atom is 0.320 e. The number of aryl methyl sites for hydroxylation is 1. The fraction of sp³-hybridized carbons (Fsp3) is 0.300. The second-order valence-electron chi connectivity index (χ2n) is 3.37. The average Bonchev–Trinajstić information content (AvgIpc) is 2.13. The molecule has 0 heterocycles. The fourth-order valence-corrected chi connectivity index (χ4v) is 1.66. The van der Waals surface area contributed by atoms with Crippen LogP contribution in [0.2, 0.25) is 0 Å². The first-order valence-corrected chi connectivity index (χ1v) is 5.14. The van der Waals surface area contributed by atoms with Gasteiger partial charge in [0.2, 0.25) is 0 Å². The van der Waals surface area contributed by atoms with Crippen molar-refractivity contribution in [2.75, 3.05) is 0 Å². The van der Waals surface area contributed by atoms with Gasteiger partial charge in [0.25, 0.3) is 0 Å². The summed E-state index contributed by atoms with van der Waals surface area (Å²) in [7, 11) is 0. The molecule has 0 amide bonds. The van der Waals surface area contributed by atoms with Crippen LogP contribution in [0.5, 0.6) is 0 Å². The molecule has 0 bridgehead atoms. The number of carboxylic acids is 1. The summed E-state index contributed by atoms with van der Waals surface area (Å²) in [6, 6.07) is 2.08. The largest absolute Gasteiger partial charge is 0.480 e. The first-order chi connectivity index (χ1) is 6.91. The highest BCUT2D eigenvalue weighted by atomic mass is 79.9. The van der Waals surface area contributed by atoms with Crippen molar-refractivity contribution >= 4 is 21.9 Å². The van der Waals surface area contributed by atoms with E-state index >= 15 is 0 Å². The minimum atomic E-state index is -1.09. The highest BCUT2D eigenvalue weighted by Crippen LogP contribution is 2.23. The lowest BCUT2D eigenvalue weighted by Crippen LogP contribution is -2.32. The van der Waals surface area contributed by atoms with Gasteiger partial charge in [-0.15, -0.1) is 0 Å². The lowest BCUT2D eigenvalue weighted by Gasteiger charge is -2.10. The fourth-order valence-electron chi connectivity index (χ4n) is 1.27. The predicted molar refractivity (Wildman–Crippen MR) is 58.2 cm³/mol. The second kappa shape index (κ2) is 4.72. The van der Waals surface area contributed by atoms with E-state index < -0.39 is 17.8 Å². The Hall–Kier alpha value is -0.940. The van der Waals surface area contributed by atoms with Gasteiger partial charge in [0.1, 0.15) is 11.9 Å². The molecule has 1 rings (SSSR count). The monoisotopic (exact) mass is 275 g/mol. The van der Waals surface area contributed by atoms with Crippen molar-refractivity contribution in [3.63, 3.8) is 0 Å². The van der Waals surface area contributed by atoms with Crippen LogP contribution >= 0.6 is 15.9 Å². The van der Waals surface area contributed by atoms with Crippen molar-refractivity contribution in [1.29, 1.82) is 0 Å². The van der Waals surface area contributed by atoms with E-state index in [-0.39, 0.29) is 10.9 Å². The van der Waals surface area contributed by atoms with Gasteiger partial charge in [-0.3, -0.25) is 4.79 Å². The molecule has 1 aromatic rings. The molecule has 0 aliphatic heterocycles. The zero-order chi connectivity index (χ0) is 11.6. The highest BCUT2D eigenvalue weighted by molar-refractivity contribution is 9.10. The van der Waals surface area contributed by atoms with Crippen LogP contribution in [0, 0.1) is 12.7 Å². The van der Waals surface area contributed by atoms with Crippen LogP contribution in [0.3, 0.4) is 0 Å². The van der Waals surface area contributed by atoms with Crippen LogP contribution in [0.25, 0.3) is 0 Å². The van der Waals surface area contributed by atoms with E-state index in [0.29, 0.717) is 5.56 Å². The molecule has 0 aromatic heterocycles. The van der Waals surface area contributed by atoms with Crippen molar-refractivity contribution in [1.82, 2.24) is 0 Å². The second-order valence-corrected chi connectivity index (χ2v) is 4.16. The van der Waals surface area contributed by atoms with Crippen molar-refractivity contribution in [2.45, 2.75) is 19.4 Å². The number of carboxylic acid groups (broad SMARTS) is 1. The Kier molecular flexibility index (Phi) is 3.82. The molecule has 0 radical (unpaired) electrons. The Bertz CT molecular complexity index is 395. The summed E-state index contributed by atoms with van der Waals surface area (Å²) in [6.45, 7) is 1.74. The van der Waals surface area contributed by atoms with E-state index in [2.05, 4.69) is 15.9 Å². The van der Waals surface area contributed by atoms with Gasteiger partial charge >= 0.3 is 5.97 Å². The zero-order valence-corrected chi connectivity index (χ0v) is 9.71. The SMILES string of the molecule is Cc1cc(F)c(Br)c(CC(N)C(=O)O)c1. The first kappa shape index (κ1) is 12.1. The Labute approximate surface area is 95.2 Å². The van der Waals surface area contributed by atoms with E-state index in [1.807, 2.05) is 0 Å². The van der Waals surface area contributed by atoms with Gasteiger partial charge in [0.05, 0.1) is 4.47 Å². The first-order valence-electron chi connectivity index (χ1n) is 4.34. The van der Waals surface area contributed by atoms with Crippen LogP contribution in [0.15, 0.2) is 16.6 Å². The van der Waals surface area contributed by atoms with Crippen molar-refractivity contribution in [3.05, 3.63) is 33.5 Å². The molecule has 0 spiro atoms. The number of hydrogen-bond donors (Lipinski definition) is 2. The molecule has 1 atom stereocenters. The molecular weight excluding hydrogens is 265 g/mol. The smallest absolute Gasteiger partial charge is 0.320 e. The van der Waals surface area contributed by atoms with Gasteiger partial charge in [0.15, 0.2) is 0 Å². The topological polar surface area (TPSA) is 63.3 Å². The van der Waals surface area contributed by atoms with Crippen LogP contribution in [-0.2, 0) is 11.2 Å². The molecule has 1 aromatic carbocycles. The molecule has 0 saturated heterocycles. The van der Waals surface area contributed by atoms with Crippen molar-refractivity contribution < 1.29 is 14.3 Å². The average molecular weight is 276 g/mol. The van der Waals surface area contributed by atoms with Gasteiger partial charge < -0.3 is 10.8 Å². The molecule has 0 aliphatic rings. The number of aliphatic carboxylic acids is 1. The summed E-state index contributed by atoms with van der Waals surface area (Å²) in [5.74, 6) is -1.49. The maximum atomic E-state index is 13.3. The van der Waals surface area contributed by atoms with Gasteiger partial charge in [0, 0.05) is 0 Å². The van der Waals surface area contributed by atoms with E-state index in [1.165, 1.54) is 6.07 Å².